The number of aromatic nitrogens is 1. The first-order valence-corrected chi connectivity index (χ1v) is 6.36. The van der Waals surface area contributed by atoms with Crippen molar-refractivity contribution in [2.75, 3.05) is 5.73 Å². The van der Waals surface area contributed by atoms with Crippen LogP contribution in [0.1, 0.15) is 10.4 Å². The number of pyridine rings is 1. The van der Waals surface area contributed by atoms with Crippen molar-refractivity contribution in [2.24, 2.45) is 5.73 Å². The maximum absolute atomic E-state index is 11.4. The van der Waals surface area contributed by atoms with Gasteiger partial charge in [0.1, 0.15) is 5.75 Å². The molecule has 5 heteroatoms. The van der Waals surface area contributed by atoms with Crippen molar-refractivity contribution < 1.29 is 9.53 Å². The van der Waals surface area contributed by atoms with E-state index in [-0.39, 0.29) is 0 Å². The lowest BCUT2D eigenvalue weighted by atomic mass is 10.2. The van der Waals surface area contributed by atoms with Crippen molar-refractivity contribution in [1.29, 1.82) is 0 Å². The fraction of sp³-hybridized carbons (Fsp3) is 0. The standard InChI is InChI=1S/C16H13N3O2/c17-11-6-7-13-10(9-11)5-8-15(19-13)21-14-4-2-1-3-12(14)16(18)20/h1-9H,17H2,(H2,18,20). The summed E-state index contributed by atoms with van der Waals surface area (Å²) in [5.41, 5.74) is 12.8. The fourth-order valence-corrected chi connectivity index (χ4v) is 2.05. The molecule has 0 aliphatic carbocycles. The number of carbonyl (C=O) groups excluding carboxylic acids is 1. The molecule has 3 rings (SSSR count). The van der Waals surface area contributed by atoms with Crippen LogP contribution >= 0.6 is 0 Å². The van der Waals surface area contributed by atoms with Crippen molar-refractivity contribution in [3.63, 3.8) is 0 Å². The minimum absolute atomic E-state index is 0.316. The molecule has 0 bridgehead atoms. The molecule has 0 radical (unpaired) electrons. The number of primary amides is 1. The van der Waals surface area contributed by atoms with E-state index in [1.165, 1.54) is 0 Å². The van der Waals surface area contributed by atoms with E-state index < -0.39 is 5.91 Å². The molecule has 1 aromatic heterocycles. The number of nitrogens with two attached hydrogens (primary N) is 2. The summed E-state index contributed by atoms with van der Waals surface area (Å²) in [6, 6.07) is 15.8. The Balaban J connectivity index is 1.99. The van der Waals surface area contributed by atoms with Gasteiger partial charge in [-0.25, -0.2) is 4.98 Å². The second kappa shape index (κ2) is 5.13. The number of fused-ring (bicyclic) bond motifs is 1. The molecule has 4 N–H and O–H groups in total. The number of nitrogens with zero attached hydrogens (tertiary/aromatic N) is 1. The predicted molar refractivity (Wildman–Crippen MR) is 81.2 cm³/mol. The molecular formula is C16H13N3O2. The van der Waals surface area contributed by atoms with Gasteiger partial charge in [0.25, 0.3) is 5.91 Å². The van der Waals surface area contributed by atoms with Gasteiger partial charge in [0, 0.05) is 17.1 Å². The zero-order valence-electron chi connectivity index (χ0n) is 11.1. The van der Waals surface area contributed by atoms with E-state index in [0.717, 1.165) is 10.9 Å². The molecule has 0 spiro atoms. The van der Waals surface area contributed by atoms with Crippen molar-refractivity contribution in [3.05, 3.63) is 60.2 Å². The molecule has 0 fully saturated rings. The summed E-state index contributed by atoms with van der Waals surface area (Å²) in [4.78, 5) is 15.8. The first kappa shape index (κ1) is 12.9. The van der Waals surface area contributed by atoms with Gasteiger partial charge in [0.15, 0.2) is 0 Å². The monoisotopic (exact) mass is 279 g/mol. The van der Waals surface area contributed by atoms with E-state index in [2.05, 4.69) is 4.98 Å². The van der Waals surface area contributed by atoms with Crippen molar-refractivity contribution in [3.8, 4) is 11.6 Å². The van der Waals surface area contributed by atoms with Crippen LogP contribution in [0.25, 0.3) is 10.9 Å². The molecule has 0 aliphatic heterocycles. The third kappa shape index (κ3) is 2.62. The van der Waals surface area contributed by atoms with Crippen LogP contribution in [0.4, 0.5) is 5.69 Å². The van der Waals surface area contributed by atoms with Crippen molar-refractivity contribution >= 4 is 22.5 Å². The van der Waals surface area contributed by atoms with Crippen LogP contribution in [0.5, 0.6) is 11.6 Å². The van der Waals surface area contributed by atoms with Crippen LogP contribution in [0.3, 0.4) is 0 Å². The van der Waals surface area contributed by atoms with Gasteiger partial charge >= 0.3 is 0 Å². The van der Waals surface area contributed by atoms with Crippen LogP contribution in [0, 0.1) is 0 Å². The molecular weight excluding hydrogens is 266 g/mol. The average molecular weight is 279 g/mol. The summed E-state index contributed by atoms with van der Waals surface area (Å²) in [6.07, 6.45) is 0. The SMILES string of the molecule is NC(=O)c1ccccc1Oc1ccc2cc(N)ccc2n1. The van der Waals surface area contributed by atoms with E-state index in [4.69, 9.17) is 16.2 Å². The van der Waals surface area contributed by atoms with E-state index in [1.807, 2.05) is 18.2 Å². The highest BCUT2D eigenvalue weighted by Crippen LogP contribution is 2.26. The van der Waals surface area contributed by atoms with Crippen LogP contribution in [-0.4, -0.2) is 10.9 Å². The van der Waals surface area contributed by atoms with E-state index in [1.54, 1.807) is 36.4 Å². The number of amides is 1. The topological polar surface area (TPSA) is 91.2 Å². The normalized spacial score (nSPS) is 10.5. The number of hydrogen-bond donors (Lipinski definition) is 2. The van der Waals surface area contributed by atoms with Gasteiger partial charge in [-0.1, -0.05) is 12.1 Å². The maximum atomic E-state index is 11.4. The Morgan fingerprint density at radius 3 is 2.67 bits per heavy atom. The number of benzene rings is 2. The highest BCUT2D eigenvalue weighted by Gasteiger charge is 2.10. The third-order valence-electron chi connectivity index (χ3n) is 3.05. The smallest absolute Gasteiger partial charge is 0.252 e. The molecule has 0 aliphatic rings. The number of anilines is 1. The first-order chi connectivity index (χ1) is 10.1. The Morgan fingerprint density at radius 1 is 1.05 bits per heavy atom. The highest BCUT2D eigenvalue weighted by molar-refractivity contribution is 5.95. The summed E-state index contributed by atoms with van der Waals surface area (Å²) in [6.45, 7) is 0. The molecule has 1 amide bonds. The zero-order valence-corrected chi connectivity index (χ0v) is 11.1. The summed E-state index contributed by atoms with van der Waals surface area (Å²) in [5, 5.41) is 0.922. The molecule has 0 saturated heterocycles. The zero-order chi connectivity index (χ0) is 14.8. The number of nitrogen functional groups attached to an aromatic ring is 1. The van der Waals surface area contributed by atoms with Gasteiger partial charge < -0.3 is 16.2 Å². The van der Waals surface area contributed by atoms with Gasteiger partial charge in [-0.05, 0) is 36.4 Å². The lowest BCUT2D eigenvalue weighted by molar-refractivity contribution is 0.0998. The Kier molecular flexibility index (Phi) is 3.16. The van der Waals surface area contributed by atoms with Gasteiger partial charge in [-0.3, -0.25) is 4.79 Å². The van der Waals surface area contributed by atoms with E-state index in [0.29, 0.717) is 22.9 Å². The first-order valence-electron chi connectivity index (χ1n) is 6.36. The molecule has 0 atom stereocenters. The number of ether oxygens (including phenoxy) is 1. The van der Waals surface area contributed by atoms with Gasteiger partial charge in [0.2, 0.25) is 5.88 Å². The van der Waals surface area contributed by atoms with Crippen LogP contribution in [0.2, 0.25) is 0 Å². The number of hydrogen-bond acceptors (Lipinski definition) is 4. The second-order valence-electron chi connectivity index (χ2n) is 4.56. The number of para-hydroxylation sites is 1. The Hall–Kier alpha value is -3.08. The summed E-state index contributed by atoms with van der Waals surface area (Å²) < 4.78 is 5.67. The molecule has 0 unspecified atom stereocenters. The lowest BCUT2D eigenvalue weighted by Crippen LogP contribution is -2.12. The molecule has 0 saturated carbocycles. The largest absolute Gasteiger partial charge is 0.438 e. The van der Waals surface area contributed by atoms with Gasteiger partial charge in [0.05, 0.1) is 11.1 Å². The summed E-state index contributed by atoms with van der Waals surface area (Å²) in [5.74, 6) is 0.229. The van der Waals surface area contributed by atoms with Gasteiger partial charge in [-0.15, -0.1) is 0 Å². The quantitative estimate of drug-likeness (QED) is 0.721. The Labute approximate surface area is 121 Å². The minimum Gasteiger partial charge on any atom is -0.438 e. The number of rotatable bonds is 3. The average Bonchev–Trinajstić information content (AvgIpc) is 2.48. The lowest BCUT2D eigenvalue weighted by Gasteiger charge is -2.09. The molecule has 2 aromatic carbocycles. The molecule has 21 heavy (non-hydrogen) atoms. The Bertz CT molecular complexity index is 831. The van der Waals surface area contributed by atoms with Crippen molar-refractivity contribution in [2.45, 2.75) is 0 Å². The minimum atomic E-state index is -0.542. The van der Waals surface area contributed by atoms with Crippen LogP contribution in [-0.2, 0) is 0 Å². The molecule has 104 valence electrons. The van der Waals surface area contributed by atoms with Crippen LogP contribution in [0.15, 0.2) is 54.6 Å². The third-order valence-corrected chi connectivity index (χ3v) is 3.05. The highest BCUT2D eigenvalue weighted by atomic mass is 16.5. The maximum Gasteiger partial charge on any atom is 0.252 e. The fourth-order valence-electron chi connectivity index (χ4n) is 2.05. The van der Waals surface area contributed by atoms with E-state index in [9.17, 15) is 4.79 Å². The molecule has 5 nitrogen and oxygen atoms in total. The van der Waals surface area contributed by atoms with Crippen LogP contribution < -0.4 is 16.2 Å². The summed E-state index contributed by atoms with van der Waals surface area (Å²) >= 11 is 0. The predicted octanol–water partition coefficient (Wildman–Crippen LogP) is 2.71. The molecule has 3 aromatic rings. The van der Waals surface area contributed by atoms with Gasteiger partial charge in [-0.2, -0.15) is 0 Å². The Morgan fingerprint density at radius 2 is 1.86 bits per heavy atom. The second-order valence-corrected chi connectivity index (χ2v) is 4.56. The summed E-state index contributed by atoms with van der Waals surface area (Å²) in [7, 11) is 0. The molecule has 1 heterocycles. The van der Waals surface area contributed by atoms with E-state index >= 15 is 0 Å². The number of carbonyl (C=O) groups is 1. The van der Waals surface area contributed by atoms with Crippen molar-refractivity contribution in [1.82, 2.24) is 4.98 Å².